The Morgan fingerprint density at radius 2 is 2.04 bits per heavy atom. The Labute approximate surface area is 136 Å². The molecule has 118 valence electrons. The van der Waals surface area contributed by atoms with E-state index in [1.807, 2.05) is 30.3 Å². The highest BCUT2D eigenvalue weighted by atomic mass is 32.2. The van der Waals surface area contributed by atoms with Crippen LogP contribution in [0.3, 0.4) is 0 Å². The monoisotopic (exact) mass is 327 g/mol. The number of hydrogen-bond acceptors (Lipinski definition) is 3. The smallest absolute Gasteiger partial charge is 0.251 e. The van der Waals surface area contributed by atoms with Crippen LogP contribution in [0.25, 0.3) is 11.0 Å². The third kappa shape index (κ3) is 3.65. The molecule has 6 heteroatoms. The van der Waals surface area contributed by atoms with Gasteiger partial charge in [-0.15, -0.1) is 0 Å². The average molecular weight is 327 g/mol. The number of nitrogens with zero attached hydrogens (tertiary/aromatic N) is 1. The van der Waals surface area contributed by atoms with E-state index in [9.17, 15) is 9.00 Å². The van der Waals surface area contributed by atoms with Crippen LogP contribution in [0.15, 0.2) is 54.9 Å². The summed E-state index contributed by atoms with van der Waals surface area (Å²) >= 11 is 0. The molecular weight excluding hydrogens is 310 g/mol. The molecule has 0 saturated carbocycles. The molecule has 0 spiro atoms. The fourth-order valence-corrected chi connectivity index (χ4v) is 3.20. The van der Waals surface area contributed by atoms with Gasteiger partial charge in [0, 0.05) is 28.4 Å². The van der Waals surface area contributed by atoms with Gasteiger partial charge in [0.1, 0.15) is 0 Å². The predicted octanol–water partition coefficient (Wildman–Crippen LogP) is 2.41. The van der Waals surface area contributed by atoms with E-state index in [0.717, 1.165) is 16.6 Å². The normalized spacial score (nSPS) is 13.6. The molecule has 0 aliphatic rings. The molecule has 3 aromatic rings. The van der Waals surface area contributed by atoms with E-state index in [1.54, 1.807) is 30.8 Å². The summed E-state index contributed by atoms with van der Waals surface area (Å²) in [7, 11) is -1.02. The molecule has 3 rings (SSSR count). The minimum Gasteiger partial charge on any atom is -0.345 e. The summed E-state index contributed by atoms with van der Waals surface area (Å²) < 4.78 is 11.6. The standard InChI is InChI=1S/C17H17N3O2S/c1-23(22)10-16(12-5-3-2-4-6-12)20-17(21)13-7-8-14-15(9-13)19-11-18-14/h2-9,11,16H,10H2,1H3,(H,18,19)(H,20,21)/t16-,23+/m0/s1. The number of aromatic nitrogens is 2. The van der Waals surface area contributed by atoms with Gasteiger partial charge in [-0.2, -0.15) is 0 Å². The van der Waals surface area contributed by atoms with Crippen molar-refractivity contribution in [3.8, 4) is 0 Å². The topological polar surface area (TPSA) is 74.8 Å². The Balaban J connectivity index is 1.83. The summed E-state index contributed by atoms with van der Waals surface area (Å²) in [5.74, 6) is 0.183. The molecule has 5 nitrogen and oxygen atoms in total. The maximum Gasteiger partial charge on any atom is 0.251 e. The van der Waals surface area contributed by atoms with Crippen LogP contribution in [0, 0.1) is 0 Å². The minimum absolute atomic E-state index is 0.194. The fourth-order valence-electron chi connectivity index (χ4n) is 2.46. The Morgan fingerprint density at radius 3 is 2.78 bits per heavy atom. The fraction of sp³-hybridized carbons (Fsp3) is 0.176. The van der Waals surface area contributed by atoms with Gasteiger partial charge < -0.3 is 10.3 Å². The van der Waals surface area contributed by atoms with Gasteiger partial charge in [0.2, 0.25) is 0 Å². The van der Waals surface area contributed by atoms with Crippen molar-refractivity contribution in [1.29, 1.82) is 0 Å². The Kier molecular flexibility index (Phi) is 4.52. The molecule has 2 aromatic carbocycles. The minimum atomic E-state index is -1.02. The second kappa shape index (κ2) is 6.75. The van der Waals surface area contributed by atoms with Gasteiger partial charge in [-0.05, 0) is 23.8 Å². The number of benzene rings is 2. The van der Waals surface area contributed by atoms with Crippen molar-refractivity contribution in [3.63, 3.8) is 0 Å². The first kappa shape index (κ1) is 15.4. The lowest BCUT2D eigenvalue weighted by Crippen LogP contribution is -2.31. The highest BCUT2D eigenvalue weighted by molar-refractivity contribution is 7.84. The molecule has 0 radical (unpaired) electrons. The molecule has 0 aliphatic carbocycles. The first-order chi connectivity index (χ1) is 11.1. The Bertz CT molecular complexity index is 845. The van der Waals surface area contributed by atoms with E-state index in [0.29, 0.717) is 11.3 Å². The molecule has 0 bridgehead atoms. The number of amides is 1. The first-order valence-electron chi connectivity index (χ1n) is 7.22. The Morgan fingerprint density at radius 1 is 1.26 bits per heavy atom. The zero-order valence-corrected chi connectivity index (χ0v) is 13.5. The molecule has 0 aliphatic heterocycles. The van der Waals surface area contributed by atoms with Gasteiger partial charge in [-0.1, -0.05) is 30.3 Å². The lowest BCUT2D eigenvalue weighted by Gasteiger charge is -2.18. The number of imidazole rings is 1. The second-order valence-electron chi connectivity index (χ2n) is 5.31. The number of H-pyrrole nitrogens is 1. The molecule has 0 unspecified atom stereocenters. The van der Waals surface area contributed by atoms with Crippen molar-refractivity contribution in [2.24, 2.45) is 0 Å². The van der Waals surface area contributed by atoms with Gasteiger partial charge in [0.25, 0.3) is 5.91 Å². The van der Waals surface area contributed by atoms with Gasteiger partial charge in [0.15, 0.2) is 0 Å². The van der Waals surface area contributed by atoms with E-state index in [1.165, 1.54) is 0 Å². The lowest BCUT2D eigenvalue weighted by atomic mass is 10.1. The van der Waals surface area contributed by atoms with E-state index in [2.05, 4.69) is 15.3 Å². The molecule has 1 heterocycles. The van der Waals surface area contributed by atoms with E-state index in [4.69, 9.17) is 0 Å². The van der Waals surface area contributed by atoms with Crippen LogP contribution in [0.1, 0.15) is 22.0 Å². The van der Waals surface area contributed by atoms with Crippen molar-refractivity contribution in [3.05, 3.63) is 66.0 Å². The quantitative estimate of drug-likeness (QED) is 0.756. The van der Waals surface area contributed by atoms with Crippen molar-refractivity contribution in [1.82, 2.24) is 15.3 Å². The molecular formula is C17H17N3O2S. The average Bonchev–Trinajstić information content (AvgIpc) is 3.02. The number of hydrogen-bond donors (Lipinski definition) is 2. The van der Waals surface area contributed by atoms with Crippen LogP contribution in [0.2, 0.25) is 0 Å². The van der Waals surface area contributed by atoms with Gasteiger partial charge in [-0.3, -0.25) is 9.00 Å². The SMILES string of the molecule is C[S@@](=O)C[C@H](NC(=O)c1ccc2nc[nH]c2c1)c1ccccc1. The number of rotatable bonds is 5. The second-order valence-corrected chi connectivity index (χ2v) is 6.79. The maximum absolute atomic E-state index is 12.5. The van der Waals surface area contributed by atoms with Crippen molar-refractivity contribution >= 4 is 27.7 Å². The number of carbonyl (C=O) groups excluding carboxylic acids is 1. The third-order valence-electron chi connectivity index (χ3n) is 3.59. The summed E-state index contributed by atoms with van der Waals surface area (Å²) in [5.41, 5.74) is 3.12. The van der Waals surface area contributed by atoms with Gasteiger partial charge in [-0.25, -0.2) is 4.98 Å². The van der Waals surface area contributed by atoms with Crippen LogP contribution in [0.5, 0.6) is 0 Å². The number of nitrogens with one attached hydrogen (secondary N) is 2. The molecule has 0 fully saturated rings. The van der Waals surface area contributed by atoms with E-state index < -0.39 is 10.8 Å². The van der Waals surface area contributed by atoms with Crippen LogP contribution < -0.4 is 5.32 Å². The molecule has 1 amide bonds. The largest absolute Gasteiger partial charge is 0.345 e. The van der Waals surface area contributed by atoms with Crippen molar-refractivity contribution in [2.45, 2.75) is 6.04 Å². The molecule has 0 saturated heterocycles. The third-order valence-corrected chi connectivity index (χ3v) is 4.39. The summed E-state index contributed by atoms with van der Waals surface area (Å²) in [6.45, 7) is 0. The molecule has 23 heavy (non-hydrogen) atoms. The van der Waals surface area contributed by atoms with Gasteiger partial charge in [0.05, 0.1) is 23.4 Å². The first-order valence-corrected chi connectivity index (χ1v) is 8.95. The molecule has 2 atom stereocenters. The van der Waals surface area contributed by atoms with Gasteiger partial charge >= 0.3 is 0 Å². The zero-order chi connectivity index (χ0) is 16.2. The number of fused-ring (bicyclic) bond motifs is 1. The zero-order valence-electron chi connectivity index (χ0n) is 12.7. The van der Waals surface area contributed by atoms with E-state index in [-0.39, 0.29) is 11.9 Å². The Hall–Kier alpha value is -2.47. The molecule has 2 N–H and O–H groups in total. The summed E-state index contributed by atoms with van der Waals surface area (Å²) in [6.07, 6.45) is 3.23. The molecule has 1 aromatic heterocycles. The highest BCUT2D eigenvalue weighted by Crippen LogP contribution is 2.16. The van der Waals surface area contributed by atoms with Crippen LogP contribution in [0.4, 0.5) is 0 Å². The lowest BCUT2D eigenvalue weighted by molar-refractivity contribution is 0.0940. The predicted molar refractivity (Wildman–Crippen MR) is 91.7 cm³/mol. The number of aromatic amines is 1. The summed E-state index contributed by atoms with van der Waals surface area (Å²) in [4.78, 5) is 19.7. The van der Waals surface area contributed by atoms with E-state index >= 15 is 0 Å². The van der Waals surface area contributed by atoms with Crippen molar-refractivity contribution in [2.75, 3.05) is 12.0 Å². The summed E-state index contributed by atoms with van der Waals surface area (Å²) in [6, 6.07) is 14.6. The van der Waals surface area contributed by atoms with Crippen LogP contribution in [-0.2, 0) is 10.8 Å². The number of carbonyl (C=O) groups is 1. The van der Waals surface area contributed by atoms with Crippen LogP contribution in [-0.4, -0.2) is 32.1 Å². The highest BCUT2D eigenvalue weighted by Gasteiger charge is 2.17. The van der Waals surface area contributed by atoms with Crippen LogP contribution >= 0.6 is 0 Å². The van der Waals surface area contributed by atoms with Crippen molar-refractivity contribution < 1.29 is 9.00 Å². The maximum atomic E-state index is 12.5. The summed E-state index contributed by atoms with van der Waals surface area (Å²) in [5, 5.41) is 2.97.